The van der Waals surface area contributed by atoms with E-state index >= 15 is 0 Å². The second-order valence-electron chi connectivity index (χ2n) is 6.04. The van der Waals surface area contributed by atoms with E-state index in [0.717, 1.165) is 13.1 Å². The molecule has 2 rings (SSSR count). The Bertz CT molecular complexity index is 568. The number of hydrogen-bond acceptors (Lipinski definition) is 5. The zero-order chi connectivity index (χ0) is 17.0. The van der Waals surface area contributed by atoms with Gasteiger partial charge in [-0.05, 0) is 26.8 Å². The molecule has 1 aromatic rings. The van der Waals surface area contributed by atoms with Gasteiger partial charge in [-0.2, -0.15) is 0 Å². The molecule has 7 nitrogen and oxygen atoms in total. The Labute approximate surface area is 135 Å². The maximum Gasteiger partial charge on any atom is 0.282 e. The molecule has 1 N–H and O–H groups in total. The minimum absolute atomic E-state index is 0.0911. The fourth-order valence-corrected chi connectivity index (χ4v) is 2.87. The van der Waals surface area contributed by atoms with Crippen LogP contribution in [0.5, 0.6) is 0 Å². The Morgan fingerprint density at radius 3 is 2.61 bits per heavy atom. The van der Waals surface area contributed by atoms with Gasteiger partial charge in [0.05, 0.1) is 17.1 Å². The van der Waals surface area contributed by atoms with Crippen LogP contribution in [0.1, 0.15) is 31.1 Å². The summed E-state index contributed by atoms with van der Waals surface area (Å²) < 4.78 is 5.70. The van der Waals surface area contributed by atoms with E-state index in [9.17, 15) is 14.9 Å². The van der Waals surface area contributed by atoms with Gasteiger partial charge >= 0.3 is 0 Å². The van der Waals surface area contributed by atoms with Crippen LogP contribution in [0.15, 0.2) is 24.3 Å². The molecule has 0 radical (unpaired) electrons. The molecule has 0 aromatic heterocycles. The van der Waals surface area contributed by atoms with E-state index in [1.807, 2.05) is 20.8 Å². The third kappa shape index (κ3) is 4.49. The van der Waals surface area contributed by atoms with E-state index in [0.29, 0.717) is 6.54 Å². The molecule has 126 valence electrons. The summed E-state index contributed by atoms with van der Waals surface area (Å²) in [5, 5.41) is 13.8. The van der Waals surface area contributed by atoms with Crippen LogP contribution < -0.4 is 5.32 Å². The van der Waals surface area contributed by atoms with Crippen LogP contribution in [0.2, 0.25) is 0 Å². The molecule has 1 aliphatic heterocycles. The van der Waals surface area contributed by atoms with Crippen LogP contribution in [0.4, 0.5) is 5.69 Å². The van der Waals surface area contributed by atoms with E-state index in [1.54, 1.807) is 12.1 Å². The van der Waals surface area contributed by atoms with Gasteiger partial charge < -0.3 is 10.1 Å². The molecule has 3 atom stereocenters. The monoisotopic (exact) mass is 321 g/mol. The number of ether oxygens (including phenoxy) is 1. The summed E-state index contributed by atoms with van der Waals surface area (Å²) in [6, 6.07) is 6.11. The van der Waals surface area contributed by atoms with Gasteiger partial charge in [-0.1, -0.05) is 12.1 Å². The minimum Gasteiger partial charge on any atom is -0.373 e. The molecule has 1 heterocycles. The van der Waals surface area contributed by atoms with Crippen molar-refractivity contribution >= 4 is 11.6 Å². The number of nitro benzene ring substituents is 1. The van der Waals surface area contributed by atoms with Crippen molar-refractivity contribution in [1.29, 1.82) is 0 Å². The summed E-state index contributed by atoms with van der Waals surface area (Å²) in [5.41, 5.74) is -0.0836. The standard InChI is InChI=1S/C16H23N3O4/c1-11(18-9-12(2)23-13(3)10-18)8-17-16(20)14-6-4-5-7-15(14)19(21)22/h4-7,11-13H,8-10H2,1-3H3,(H,17,20). The van der Waals surface area contributed by atoms with Gasteiger partial charge in [-0.25, -0.2) is 0 Å². The fourth-order valence-electron chi connectivity index (χ4n) is 2.87. The molecule has 0 spiro atoms. The summed E-state index contributed by atoms with van der Waals surface area (Å²) in [6.07, 6.45) is 0.319. The molecule has 1 fully saturated rings. The highest BCUT2D eigenvalue weighted by Crippen LogP contribution is 2.17. The highest BCUT2D eigenvalue weighted by Gasteiger charge is 2.26. The first-order valence-corrected chi connectivity index (χ1v) is 7.79. The number of carbonyl (C=O) groups is 1. The Balaban J connectivity index is 1.95. The minimum atomic E-state index is -0.538. The predicted octanol–water partition coefficient (Wildman–Crippen LogP) is 1.82. The lowest BCUT2D eigenvalue weighted by molar-refractivity contribution is -0.385. The summed E-state index contributed by atoms with van der Waals surface area (Å²) in [5.74, 6) is -0.418. The number of amides is 1. The highest BCUT2D eigenvalue weighted by molar-refractivity contribution is 5.98. The van der Waals surface area contributed by atoms with Gasteiger partial charge in [0, 0.05) is 31.7 Å². The maximum absolute atomic E-state index is 12.2. The number of morpholine rings is 1. The van der Waals surface area contributed by atoms with Crippen LogP contribution in [-0.2, 0) is 4.74 Å². The van der Waals surface area contributed by atoms with Crippen molar-refractivity contribution in [3.05, 3.63) is 39.9 Å². The molecule has 1 aliphatic rings. The molecule has 23 heavy (non-hydrogen) atoms. The van der Waals surface area contributed by atoms with Crippen molar-refractivity contribution in [2.75, 3.05) is 19.6 Å². The smallest absolute Gasteiger partial charge is 0.282 e. The molecule has 0 saturated carbocycles. The molecule has 0 aliphatic carbocycles. The number of para-hydroxylation sites is 1. The number of hydrogen-bond donors (Lipinski definition) is 1. The third-order valence-electron chi connectivity index (χ3n) is 3.97. The Morgan fingerprint density at radius 2 is 2.00 bits per heavy atom. The summed E-state index contributed by atoms with van der Waals surface area (Å²) in [4.78, 5) is 24.9. The quantitative estimate of drug-likeness (QED) is 0.660. The number of carbonyl (C=O) groups excluding carboxylic acids is 1. The zero-order valence-corrected chi connectivity index (χ0v) is 13.7. The van der Waals surface area contributed by atoms with Crippen LogP contribution >= 0.6 is 0 Å². The van der Waals surface area contributed by atoms with Crippen molar-refractivity contribution in [3.8, 4) is 0 Å². The summed E-state index contributed by atoms with van der Waals surface area (Å²) >= 11 is 0. The lowest BCUT2D eigenvalue weighted by atomic mass is 10.1. The molecule has 3 unspecified atom stereocenters. The Hall–Kier alpha value is -1.99. The van der Waals surface area contributed by atoms with Gasteiger partial charge in [-0.15, -0.1) is 0 Å². The fraction of sp³-hybridized carbons (Fsp3) is 0.562. The van der Waals surface area contributed by atoms with Gasteiger partial charge in [-0.3, -0.25) is 19.8 Å². The van der Waals surface area contributed by atoms with Crippen molar-refractivity contribution in [3.63, 3.8) is 0 Å². The third-order valence-corrected chi connectivity index (χ3v) is 3.97. The van der Waals surface area contributed by atoms with Crippen LogP contribution in [0.3, 0.4) is 0 Å². The number of nitrogens with zero attached hydrogens (tertiary/aromatic N) is 2. The molecule has 1 amide bonds. The average Bonchev–Trinajstić information content (AvgIpc) is 2.51. The van der Waals surface area contributed by atoms with E-state index in [4.69, 9.17) is 4.74 Å². The van der Waals surface area contributed by atoms with Gasteiger partial charge in [0.1, 0.15) is 5.56 Å². The SMILES string of the molecule is CC1CN(C(C)CNC(=O)c2ccccc2[N+](=O)[O-])CC(C)O1. The first kappa shape index (κ1) is 17.4. The first-order chi connectivity index (χ1) is 10.9. The second-order valence-corrected chi connectivity index (χ2v) is 6.04. The van der Waals surface area contributed by atoms with Gasteiger partial charge in [0.2, 0.25) is 0 Å². The lowest BCUT2D eigenvalue weighted by Gasteiger charge is -2.38. The average molecular weight is 321 g/mol. The van der Waals surface area contributed by atoms with Crippen LogP contribution in [0.25, 0.3) is 0 Å². The van der Waals surface area contributed by atoms with Gasteiger partial charge in [0.25, 0.3) is 11.6 Å². The largest absolute Gasteiger partial charge is 0.373 e. The molecule has 1 aromatic carbocycles. The summed E-state index contributed by atoms with van der Waals surface area (Å²) in [7, 11) is 0. The van der Waals surface area contributed by atoms with Gasteiger partial charge in [0.15, 0.2) is 0 Å². The zero-order valence-electron chi connectivity index (χ0n) is 13.7. The first-order valence-electron chi connectivity index (χ1n) is 7.79. The second kappa shape index (κ2) is 7.52. The molecule has 7 heteroatoms. The van der Waals surface area contributed by atoms with Crippen molar-refractivity contribution in [2.24, 2.45) is 0 Å². The van der Waals surface area contributed by atoms with Crippen LogP contribution in [0, 0.1) is 10.1 Å². The van der Waals surface area contributed by atoms with E-state index in [2.05, 4.69) is 10.2 Å². The normalized spacial score (nSPS) is 23.3. The van der Waals surface area contributed by atoms with E-state index in [1.165, 1.54) is 12.1 Å². The number of nitrogens with one attached hydrogen (secondary N) is 1. The predicted molar refractivity (Wildman–Crippen MR) is 86.5 cm³/mol. The molecule has 1 saturated heterocycles. The lowest BCUT2D eigenvalue weighted by Crippen LogP contribution is -2.52. The highest BCUT2D eigenvalue weighted by atomic mass is 16.6. The van der Waals surface area contributed by atoms with E-state index in [-0.39, 0.29) is 29.5 Å². The Kier molecular flexibility index (Phi) is 5.68. The number of nitro groups is 1. The van der Waals surface area contributed by atoms with Crippen molar-refractivity contribution in [2.45, 2.75) is 39.0 Å². The summed E-state index contributed by atoms with van der Waals surface area (Å²) in [6.45, 7) is 8.15. The van der Waals surface area contributed by atoms with Crippen molar-refractivity contribution < 1.29 is 14.5 Å². The molecule has 0 bridgehead atoms. The maximum atomic E-state index is 12.2. The van der Waals surface area contributed by atoms with Crippen molar-refractivity contribution in [1.82, 2.24) is 10.2 Å². The number of benzene rings is 1. The Morgan fingerprint density at radius 1 is 1.39 bits per heavy atom. The van der Waals surface area contributed by atoms with E-state index < -0.39 is 10.8 Å². The molecular weight excluding hydrogens is 298 g/mol. The topological polar surface area (TPSA) is 84.7 Å². The molecular formula is C16H23N3O4. The number of rotatable bonds is 5. The van der Waals surface area contributed by atoms with Crippen LogP contribution in [-0.4, -0.2) is 53.6 Å².